The molecule has 0 unspecified atom stereocenters. The Morgan fingerprint density at radius 3 is 0.818 bits per heavy atom. The summed E-state index contributed by atoms with van der Waals surface area (Å²) in [4.78, 5) is 46.1. The van der Waals surface area contributed by atoms with Gasteiger partial charge in [0.2, 0.25) is 0 Å². The van der Waals surface area contributed by atoms with E-state index in [9.17, 15) is 29.4 Å². The number of allylic oxidation sites excluding steroid dienone is 4. The Labute approximate surface area is 490 Å². The Morgan fingerprint density at radius 2 is 0.571 bits per heavy atom. The van der Waals surface area contributed by atoms with E-state index in [1.54, 1.807) is 24.3 Å². The minimum atomic E-state index is -1.36. The van der Waals surface area contributed by atoms with Crippen LogP contribution in [0.2, 0.25) is 0 Å². The molecule has 2 aromatic rings. The molecule has 0 aromatic heterocycles. The first kappa shape index (κ1) is 77.8. The van der Waals surface area contributed by atoms with Crippen LogP contribution in [0.4, 0.5) is 0 Å². The van der Waals surface area contributed by atoms with Gasteiger partial charge in [-0.2, -0.15) is 0 Å². The van der Waals surface area contributed by atoms with Gasteiger partial charge in [0.25, 0.3) is 0 Å². The largest absolute Gasteiger partial charge is 2.00 e. The summed E-state index contributed by atoms with van der Waals surface area (Å²) in [5.41, 5.74) is -0.133. The smallest absolute Gasteiger partial charge is 0.545 e. The average molecular weight is 1180 g/mol. The van der Waals surface area contributed by atoms with E-state index < -0.39 is 23.9 Å². The van der Waals surface area contributed by atoms with E-state index >= 15 is 0 Å². The number of carboxylic acid groups (broad SMARTS) is 2. The van der Waals surface area contributed by atoms with E-state index in [1.165, 1.54) is 217 Å². The maximum Gasteiger partial charge on any atom is 2.00 e. The molecule has 0 bridgehead atoms. The van der Waals surface area contributed by atoms with Crippen LogP contribution in [0.25, 0.3) is 0 Å². The molecule has 0 saturated carbocycles. The maximum absolute atomic E-state index is 12.0. The number of ether oxygens (including phenoxy) is 2. The molecule has 0 aliphatic rings. The molecule has 0 aliphatic carbocycles. The molecule has 8 nitrogen and oxygen atoms in total. The fourth-order valence-corrected chi connectivity index (χ4v) is 8.42. The first-order valence-electron chi connectivity index (χ1n) is 31.0. The number of carbonyl (C=O) groups is 4. The molecule has 0 saturated heterocycles. The summed E-state index contributed by atoms with van der Waals surface area (Å²) < 4.78 is 10.4. The normalized spacial score (nSPS) is 10.7. The van der Waals surface area contributed by atoms with Crippen LogP contribution in [0, 0.1) is 13.8 Å². The van der Waals surface area contributed by atoms with Crippen molar-refractivity contribution in [3.8, 4) is 0 Å². The second-order valence-corrected chi connectivity index (χ2v) is 20.3. The van der Waals surface area contributed by atoms with Gasteiger partial charge >= 0.3 is 35.8 Å². The molecule has 0 fully saturated rings. The fraction of sp³-hybridized carbons (Fsp3) is 0.676. The number of unbranched alkanes of at least 4 members (excludes halogenated alkanes) is 34. The number of esters is 2. The molecule has 0 spiro atoms. The number of hydrogen-bond acceptors (Lipinski definition) is 8. The van der Waals surface area contributed by atoms with Gasteiger partial charge in [-0.1, -0.05) is 295 Å². The van der Waals surface area contributed by atoms with Crippen LogP contribution in [0.3, 0.4) is 0 Å². The van der Waals surface area contributed by atoms with Gasteiger partial charge in [0.05, 0.1) is 36.3 Å². The Kier molecular flexibility index (Phi) is 64.1. The molecule has 77 heavy (non-hydrogen) atoms. The van der Waals surface area contributed by atoms with E-state index in [2.05, 4.69) is 65.8 Å². The summed E-state index contributed by atoms with van der Waals surface area (Å²) in [5.74, 6) is -3.92. The molecule has 0 N–H and O–H groups in total. The van der Waals surface area contributed by atoms with Crippen LogP contribution in [-0.2, 0) is 9.47 Å². The average Bonchev–Trinajstić information content (AvgIpc) is 3.43. The molecule has 2 rings (SSSR count). The van der Waals surface area contributed by atoms with E-state index in [1.807, 2.05) is 0 Å². The Hall–Kier alpha value is -3.40. The number of carbonyl (C=O) groups excluding carboxylic acids is 4. The molecular weight excluding hydrogens is 1060 g/mol. The van der Waals surface area contributed by atoms with Crippen LogP contribution in [-0.4, -0.2) is 61.0 Å². The van der Waals surface area contributed by atoms with E-state index in [-0.39, 0.29) is 46.2 Å². The van der Waals surface area contributed by atoms with Gasteiger partial charge in [0.15, 0.2) is 0 Å². The fourth-order valence-electron chi connectivity index (χ4n) is 8.42. The predicted octanol–water partition coefficient (Wildman–Crippen LogP) is 18.5. The molecule has 0 heterocycles. The zero-order valence-corrected chi connectivity index (χ0v) is 52.7. The maximum atomic E-state index is 12.0. The standard InChI is InChI=1S/2C26H40O4.2C8H17.Sn/c2*1-2-3-4-5-6-7-8-9-10-11-12-13-14-15-16-19-22-30-26(29)24-21-18-17-20-23(24)25(27)28;2*1-3-5-7-8-6-4-2;/h2*10-11,17-18,20-21H,2-9,12-16,19,22H2,1H3,(H,27,28);2*1,3-8H2,2H3;/q;;;;+2/p-2/b2*11-10+;;;. The van der Waals surface area contributed by atoms with Crippen molar-refractivity contribution >= 4 is 47.8 Å². The van der Waals surface area contributed by atoms with Gasteiger partial charge in [-0.05, 0) is 76.3 Å². The van der Waals surface area contributed by atoms with Crippen LogP contribution >= 0.6 is 0 Å². The topological polar surface area (TPSA) is 133 Å². The van der Waals surface area contributed by atoms with Crippen molar-refractivity contribution in [2.45, 2.75) is 285 Å². The molecule has 0 amide bonds. The Balaban J connectivity index is -0.00000109. The Morgan fingerprint density at radius 1 is 0.351 bits per heavy atom. The molecule has 4 radical (unpaired) electrons. The van der Waals surface area contributed by atoms with E-state index in [4.69, 9.17) is 9.47 Å². The molecular formula is C68H112O8Sn. The van der Waals surface area contributed by atoms with Crippen LogP contribution in [0.15, 0.2) is 72.8 Å². The van der Waals surface area contributed by atoms with Crippen molar-refractivity contribution in [1.29, 1.82) is 0 Å². The van der Waals surface area contributed by atoms with Gasteiger partial charge < -0.3 is 29.3 Å². The Bertz CT molecular complexity index is 1540. The van der Waals surface area contributed by atoms with E-state index in [0.717, 1.165) is 64.2 Å². The molecule has 0 aliphatic heterocycles. The zero-order valence-electron chi connectivity index (χ0n) is 49.8. The minimum Gasteiger partial charge on any atom is -0.545 e. The van der Waals surface area contributed by atoms with Crippen molar-refractivity contribution in [1.82, 2.24) is 0 Å². The van der Waals surface area contributed by atoms with Crippen LogP contribution < -0.4 is 10.2 Å². The second-order valence-electron chi connectivity index (χ2n) is 20.3. The molecule has 2 aromatic carbocycles. The van der Waals surface area contributed by atoms with Gasteiger partial charge in [-0.3, -0.25) is 0 Å². The number of hydrogen-bond donors (Lipinski definition) is 0. The number of aromatic carboxylic acids is 2. The molecule has 436 valence electrons. The first-order chi connectivity index (χ1) is 37.2. The molecule has 0 atom stereocenters. The van der Waals surface area contributed by atoms with Crippen molar-refractivity contribution in [2.24, 2.45) is 0 Å². The predicted molar refractivity (Wildman–Crippen MR) is 324 cm³/mol. The van der Waals surface area contributed by atoms with Gasteiger partial charge in [-0.15, -0.1) is 0 Å². The number of carboxylic acids is 2. The van der Waals surface area contributed by atoms with Crippen LogP contribution in [0.5, 0.6) is 0 Å². The SMILES string of the molecule is CCCCCCCCC/C=C/CCCCCCCOC(=O)c1ccccc1C(=O)[O-].CCCCCCCCC/C=C/CCCCCCCOC(=O)c1ccccc1C(=O)[O-].[CH2]CCCCCCC.[CH2]CCCCCCC.[Sn+2]. The summed E-state index contributed by atoms with van der Waals surface area (Å²) in [7, 11) is 0. The van der Waals surface area contributed by atoms with Crippen molar-refractivity contribution in [3.63, 3.8) is 0 Å². The molecule has 9 heteroatoms. The minimum absolute atomic E-state index is 0. The van der Waals surface area contributed by atoms with Crippen molar-refractivity contribution in [2.75, 3.05) is 13.2 Å². The first-order valence-corrected chi connectivity index (χ1v) is 31.0. The van der Waals surface area contributed by atoms with Gasteiger partial charge in [0, 0.05) is 11.1 Å². The summed E-state index contributed by atoms with van der Waals surface area (Å²) in [6.07, 6.45) is 59.7. The summed E-state index contributed by atoms with van der Waals surface area (Å²) >= 11 is 0. The third-order valence-corrected chi connectivity index (χ3v) is 13.2. The summed E-state index contributed by atoms with van der Waals surface area (Å²) in [6.45, 7) is 17.2. The summed E-state index contributed by atoms with van der Waals surface area (Å²) in [6, 6.07) is 12.0. The van der Waals surface area contributed by atoms with Gasteiger partial charge in [0.1, 0.15) is 0 Å². The third kappa shape index (κ3) is 53.0. The second kappa shape index (κ2) is 63.4. The van der Waals surface area contributed by atoms with Crippen LogP contribution in [0.1, 0.15) is 326 Å². The van der Waals surface area contributed by atoms with E-state index in [0.29, 0.717) is 13.2 Å². The number of benzene rings is 2. The van der Waals surface area contributed by atoms with Gasteiger partial charge in [-0.25, -0.2) is 9.59 Å². The number of rotatable bonds is 46. The monoisotopic (exact) mass is 1180 g/mol. The summed E-state index contributed by atoms with van der Waals surface area (Å²) in [5, 5.41) is 22.1. The van der Waals surface area contributed by atoms with Crippen molar-refractivity contribution in [3.05, 3.63) is 109 Å². The quantitative estimate of drug-likeness (QED) is 0.0277. The zero-order chi connectivity index (χ0) is 56.2. The van der Waals surface area contributed by atoms with Crippen molar-refractivity contribution < 1.29 is 38.9 Å². The third-order valence-electron chi connectivity index (χ3n) is 13.2.